The van der Waals surface area contributed by atoms with Crippen LogP contribution in [0.2, 0.25) is 0 Å². The molecule has 0 radical (unpaired) electrons. The predicted octanol–water partition coefficient (Wildman–Crippen LogP) is 4.41. The van der Waals surface area contributed by atoms with Crippen LogP contribution in [-0.2, 0) is 9.59 Å². The molecule has 160 valence electrons. The number of thiazole rings is 1. The summed E-state index contributed by atoms with van der Waals surface area (Å²) in [5, 5.41) is 9.01. The number of hydrogen-bond acceptors (Lipinski definition) is 5. The van der Waals surface area contributed by atoms with Crippen molar-refractivity contribution in [2.45, 2.75) is 19.8 Å². The summed E-state index contributed by atoms with van der Waals surface area (Å²) < 4.78 is 0. The minimum atomic E-state index is -0.0428. The van der Waals surface area contributed by atoms with Gasteiger partial charge in [0.1, 0.15) is 0 Å². The van der Waals surface area contributed by atoms with Crippen molar-refractivity contribution in [2.75, 3.05) is 30.3 Å². The fourth-order valence-corrected chi connectivity index (χ4v) is 4.40. The third-order valence-electron chi connectivity index (χ3n) is 5.43. The van der Waals surface area contributed by atoms with E-state index in [1.54, 1.807) is 11.3 Å². The van der Waals surface area contributed by atoms with E-state index in [0.717, 1.165) is 53.6 Å². The lowest BCUT2D eigenvalue weighted by Gasteiger charge is -2.30. The maximum absolute atomic E-state index is 12.5. The van der Waals surface area contributed by atoms with Crippen LogP contribution in [0.25, 0.3) is 11.3 Å². The number of carbonyl (C=O) groups excluding carboxylic acids is 2. The number of rotatable bonds is 6. The number of nitrogens with zero attached hydrogens (tertiary/aromatic N) is 2. The Hall–Kier alpha value is -3.03. The molecule has 2 N–H and O–H groups in total. The Morgan fingerprint density at radius 1 is 1.03 bits per heavy atom. The summed E-state index contributed by atoms with van der Waals surface area (Å²) in [6, 6.07) is 17.3. The molecule has 1 saturated heterocycles. The Labute approximate surface area is 186 Å². The zero-order valence-electron chi connectivity index (χ0n) is 17.5. The average Bonchev–Trinajstić information content (AvgIpc) is 3.21. The summed E-state index contributed by atoms with van der Waals surface area (Å²) in [5.41, 5.74) is 3.51. The van der Waals surface area contributed by atoms with Gasteiger partial charge in [0, 0.05) is 28.2 Å². The first-order valence-electron chi connectivity index (χ1n) is 10.5. The SMILES string of the molecule is Cc1nc(-c2cccc(NC(=O)CN3CCC(C(=O)Nc4ccccc4)CC3)c2)cs1. The van der Waals surface area contributed by atoms with Gasteiger partial charge in [-0.15, -0.1) is 11.3 Å². The normalized spacial score (nSPS) is 14.9. The van der Waals surface area contributed by atoms with E-state index in [0.29, 0.717) is 6.54 Å². The standard InChI is InChI=1S/C24H26N4O2S/c1-17-25-22(16-31-17)19-6-5-9-21(14-19)26-23(29)15-28-12-10-18(11-13-28)24(30)27-20-7-3-2-4-8-20/h2-9,14,16,18H,10-13,15H2,1H3,(H,26,29)(H,27,30). The smallest absolute Gasteiger partial charge is 0.238 e. The molecular weight excluding hydrogens is 408 g/mol. The van der Waals surface area contributed by atoms with Crippen LogP contribution in [-0.4, -0.2) is 41.3 Å². The Bertz CT molecular complexity index is 1040. The summed E-state index contributed by atoms with van der Waals surface area (Å²) in [6.45, 7) is 3.78. The van der Waals surface area contributed by atoms with Gasteiger partial charge in [-0.2, -0.15) is 0 Å². The predicted molar refractivity (Wildman–Crippen MR) is 125 cm³/mol. The summed E-state index contributed by atoms with van der Waals surface area (Å²) in [5.74, 6) is 0.000884. The zero-order chi connectivity index (χ0) is 21.6. The first-order valence-corrected chi connectivity index (χ1v) is 11.4. The number of anilines is 2. The van der Waals surface area contributed by atoms with E-state index >= 15 is 0 Å². The quantitative estimate of drug-likeness (QED) is 0.603. The van der Waals surface area contributed by atoms with Gasteiger partial charge in [-0.3, -0.25) is 14.5 Å². The summed E-state index contributed by atoms with van der Waals surface area (Å²) in [4.78, 5) is 31.6. The van der Waals surface area contributed by atoms with Gasteiger partial charge in [0.25, 0.3) is 0 Å². The van der Waals surface area contributed by atoms with Crippen LogP contribution in [0.1, 0.15) is 17.8 Å². The molecule has 0 unspecified atom stereocenters. The molecule has 7 heteroatoms. The number of nitrogens with one attached hydrogen (secondary N) is 2. The molecule has 2 aromatic carbocycles. The lowest BCUT2D eigenvalue weighted by molar-refractivity contribution is -0.121. The van der Waals surface area contributed by atoms with E-state index in [4.69, 9.17) is 0 Å². The second-order valence-corrected chi connectivity index (χ2v) is 8.85. The molecule has 1 aliphatic heterocycles. The van der Waals surface area contributed by atoms with Gasteiger partial charge >= 0.3 is 0 Å². The van der Waals surface area contributed by atoms with Crippen molar-refractivity contribution in [3.05, 3.63) is 65.0 Å². The summed E-state index contributed by atoms with van der Waals surface area (Å²) in [6.07, 6.45) is 1.51. The molecule has 6 nitrogen and oxygen atoms in total. The van der Waals surface area contributed by atoms with Crippen molar-refractivity contribution < 1.29 is 9.59 Å². The van der Waals surface area contributed by atoms with Gasteiger partial charge in [0.15, 0.2) is 0 Å². The number of likely N-dealkylation sites (tertiary alicyclic amines) is 1. The molecule has 1 fully saturated rings. The maximum atomic E-state index is 12.5. The minimum Gasteiger partial charge on any atom is -0.326 e. The molecule has 3 aromatic rings. The molecule has 0 aliphatic carbocycles. The number of aryl methyl sites for hydroxylation is 1. The highest BCUT2D eigenvalue weighted by molar-refractivity contribution is 7.09. The highest BCUT2D eigenvalue weighted by Crippen LogP contribution is 2.24. The lowest BCUT2D eigenvalue weighted by atomic mass is 9.96. The van der Waals surface area contributed by atoms with Crippen LogP contribution in [0.15, 0.2) is 60.0 Å². The highest BCUT2D eigenvalue weighted by atomic mass is 32.1. The van der Waals surface area contributed by atoms with Crippen molar-refractivity contribution in [3.63, 3.8) is 0 Å². The first-order chi connectivity index (χ1) is 15.1. The van der Waals surface area contributed by atoms with E-state index in [1.807, 2.05) is 66.9 Å². The van der Waals surface area contributed by atoms with Crippen molar-refractivity contribution >= 4 is 34.5 Å². The van der Waals surface area contributed by atoms with Gasteiger partial charge in [-0.25, -0.2) is 4.98 Å². The molecule has 0 spiro atoms. The Kier molecular flexibility index (Phi) is 6.74. The summed E-state index contributed by atoms with van der Waals surface area (Å²) >= 11 is 1.61. The molecular formula is C24H26N4O2S. The van der Waals surface area contributed by atoms with E-state index < -0.39 is 0 Å². The number of carbonyl (C=O) groups is 2. The second-order valence-electron chi connectivity index (χ2n) is 7.79. The number of hydrogen-bond donors (Lipinski definition) is 2. The monoisotopic (exact) mass is 434 g/mol. The molecule has 2 amide bonds. The van der Waals surface area contributed by atoms with Gasteiger partial charge < -0.3 is 10.6 Å². The third-order valence-corrected chi connectivity index (χ3v) is 6.20. The van der Waals surface area contributed by atoms with Crippen molar-refractivity contribution in [1.82, 2.24) is 9.88 Å². The van der Waals surface area contributed by atoms with Crippen LogP contribution < -0.4 is 10.6 Å². The fraction of sp³-hybridized carbons (Fsp3) is 0.292. The van der Waals surface area contributed by atoms with E-state index in [-0.39, 0.29) is 17.7 Å². The van der Waals surface area contributed by atoms with Crippen molar-refractivity contribution in [1.29, 1.82) is 0 Å². The first kappa shape index (κ1) is 21.2. The van der Waals surface area contributed by atoms with Crippen LogP contribution in [0.4, 0.5) is 11.4 Å². The number of aromatic nitrogens is 1. The van der Waals surface area contributed by atoms with Gasteiger partial charge in [-0.05, 0) is 57.1 Å². The number of benzene rings is 2. The fourth-order valence-electron chi connectivity index (χ4n) is 3.77. The van der Waals surface area contributed by atoms with Gasteiger partial charge in [0.2, 0.25) is 11.8 Å². The lowest BCUT2D eigenvalue weighted by Crippen LogP contribution is -2.41. The van der Waals surface area contributed by atoms with E-state index in [1.165, 1.54) is 0 Å². The van der Waals surface area contributed by atoms with Crippen LogP contribution >= 0.6 is 11.3 Å². The van der Waals surface area contributed by atoms with Gasteiger partial charge in [-0.1, -0.05) is 30.3 Å². The van der Waals surface area contributed by atoms with Crippen LogP contribution in [0, 0.1) is 12.8 Å². The average molecular weight is 435 g/mol. The molecule has 31 heavy (non-hydrogen) atoms. The van der Waals surface area contributed by atoms with Crippen molar-refractivity contribution in [2.24, 2.45) is 5.92 Å². The largest absolute Gasteiger partial charge is 0.326 e. The molecule has 1 aliphatic rings. The zero-order valence-corrected chi connectivity index (χ0v) is 18.3. The molecule has 0 bridgehead atoms. The minimum absolute atomic E-state index is 0.0160. The second kappa shape index (κ2) is 9.85. The molecule has 4 rings (SSSR count). The third kappa shape index (κ3) is 5.77. The van der Waals surface area contributed by atoms with Crippen LogP contribution in [0.3, 0.4) is 0 Å². The van der Waals surface area contributed by atoms with Crippen LogP contribution in [0.5, 0.6) is 0 Å². The van der Waals surface area contributed by atoms with Crippen molar-refractivity contribution in [3.8, 4) is 11.3 Å². The summed E-state index contributed by atoms with van der Waals surface area (Å²) in [7, 11) is 0. The molecule has 0 atom stereocenters. The Balaban J connectivity index is 1.25. The van der Waals surface area contributed by atoms with Gasteiger partial charge in [0.05, 0.1) is 17.2 Å². The maximum Gasteiger partial charge on any atom is 0.238 e. The number of amides is 2. The molecule has 2 heterocycles. The highest BCUT2D eigenvalue weighted by Gasteiger charge is 2.26. The van der Waals surface area contributed by atoms with E-state index in [2.05, 4.69) is 20.5 Å². The topological polar surface area (TPSA) is 74.3 Å². The molecule has 0 saturated carbocycles. The number of piperidine rings is 1. The number of para-hydroxylation sites is 1. The van der Waals surface area contributed by atoms with E-state index in [9.17, 15) is 9.59 Å². The Morgan fingerprint density at radius 3 is 2.48 bits per heavy atom. The Morgan fingerprint density at radius 2 is 1.77 bits per heavy atom. The molecule has 1 aromatic heterocycles.